The second-order valence-electron chi connectivity index (χ2n) is 7.59. The highest BCUT2D eigenvalue weighted by Gasteiger charge is 2.80. The Balaban J connectivity index is 1.58. The molecule has 0 bridgehead atoms. The average molecular weight is 353 g/mol. The van der Waals surface area contributed by atoms with Gasteiger partial charge in [0.1, 0.15) is 18.2 Å². The Morgan fingerprint density at radius 1 is 1.28 bits per heavy atom. The number of rotatable bonds is 5. The van der Waals surface area contributed by atoms with Crippen molar-refractivity contribution in [3.63, 3.8) is 0 Å². The molecule has 1 amide bonds. The number of benzene rings is 1. The van der Waals surface area contributed by atoms with Crippen LogP contribution in [-0.2, 0) is 0 Å². The molecule has 3 saturated carbocycles. The topological polar surface area (TPSA) is 38.3 Å². The molecule has 4 rings (SSSR count). The van der Waals surface area contributed by atoms with Gasteiger partial charge in [0.2, 0.25) is 0 Å². The van der Waals surface area contributed by atoms with Crippen LogP contribution in [0.4, 0.5) is 13.2 Å². The lowest BCUT2D eigenvalue weighted by atomic mass is 9.89. The van der Waals surface area contributed by atoms with E-state index in [2.05, 4.69) is 5.32 Å². The number of halogens is 3. The van der Waals surface area contributed by atoms with Crippen LogP contribution in [0.25, 0.3) is 0 Å². The number of ether oxygens (including phenoxy) is 1. The molecule has 0 radical (unpaired) electrons. The highest BCUT2D eigenvalue weighted by molar-refractivity contribution is 5.94. The van der Waals surface area contributed by atoms with Crippen molar-refractivity contribution in [1.82, 2.24) is 5.32 Å². The number of hydrogen-bond acceptors (Lipinski definition) is 2. The summed E-state index contributed by atoms with van der Waals surface area (Å²) in [6, 6.07) is 2.70. The molecule has 0 saturated heterocycles. The standard InChI is InChI=1S/C19H22F3NO2/c1-23-17(24)13-8-12(11-5-6-11)15(9-14(13)20)25-10-18-7-3-2-4-16(18)19(18,21)22/h8-9,11,16H,2-7,10H2,1H3,(H,23,24). The summed E-state index contributed by atoms with van der Waals surface area (Å²) in [6.45, 7) is -0.0802. The predicted molar refractivity (Wildman–Crippen MR) is 86.6 cm³/mol. The Labute approximate surface area is 144 Å². The zero-order chi connectivity index (χ0) is 17.8. The third kappa shape index (κ3) is 2.52. The molecule has 0 aliphatic heterocycles. The lowest BCUT2D eigenvalue weighted by molar-refractivity contribution is 0.0368. The van der Waals surface area contributed by atoms with E-state index in [1.807, 2.05) is 0 Å². The fourth-order valence-corrected chi connectivity index (χ4v) is 4.37. The van der Waals surface area contributed by atoms with Gasteiger partial charge in [0.25, 0.3) is 11.8 Å². The highest BCUT2D eigenvalue weighted by Crippen LogP contribution is 2.72. The first-order valence-electron chi connectivity index (χ1n) is 8.97. The van der Waals surface area contributed by atoms with Gasteiger partial charge in [0.05, 0.1) is 11.0 Å². The van der Waals surface area contributed by atoms with Crippen molar-refractivity contribution in [3.05, 3.63) is 29.1 Å². The largest absolute Gasteiger partial charge is 0.492 e. The first-order chi connectivity index (χ1) is 11.9. The number of amides is 1. The van der Waals surface area contributed by atoms with Crippen LogP contribution in [0, 0.1) is 17.2 Å². The van der Waals surface area contributed by atoms with Gasteiger partial charge in [0, 0.05) is 19.0 Å². The van der Waals surface area contributed by atoms with Crippen molar-refractivity contribution in [2.75, 3.05) is 13.7 Å². The lowest BCUT2D eigenvalue weighted by Crippen LogP contribution is -2.23. The third-order valence-electron chi connectivity index (χ3n) is 6.12. The van der Waals surface area contributed by atoms with Gasteiger partial charge in [-0.05, 0) is 43.2 Å². The van der Waals surface area contributed by atoms with E-state index >= 15 is 0 Å². The number of carbonyl (C=O) groups excluding carboxylic acids is 1. The second-order valence-corrected chi connectivity index (χ2v) is 7.59. The number of alkyl halides is 2. The van der Waals surface area contributed by atoms with Crippen molar-refractivity contribution < 1.29 is 22.7 Å². The molecular formula is C19H22F3NO2. The van der Waals surface area contributed by atoms with Crippen LogP contribution in [-0.4, -0.2) is 25.5 Å². The van der Waals surface area contributed by atoms with E-state index in [0.29, 0.717) is 18.6 Å². The fourth-order valence-electron chi connectivity index (χ4n) is 4.37. The van der Waals surface area contributed by atoms with Crippen LogP contribution in [0.3, 0.4) is 0 Å². The second kappa shape index (κ2) is 5.64. The molecule has 1 N–H and O–H groups in total. The molecule has 25 heavy (non-hydrogen) atoms. The first-order valence-corrected chi connectivity index (χ1v) is 8.97. The summed E-state index contributed by atoms with van der Waals surface area (Å²) in [4.78, 5) is 11.8. The highest BCUT2D eigenvalue weighted by atomic mass is 19.3. The summed E-state index contributed by atoms with van der Waals surface area (Å²) in [6.07, 6.45) is 4.51. The zero-order valence-corrected chi connectivity index (χ0v) is 14.2. The van der Waals surface area contributed by atoms with Gasteiger partial charge in [-0.1, -0.05) is 12.8 Å². The quantitative estimate of drug-likeness (QED) is 0.859. The molecule has 1 aromatic rings. The Hall–Kier alpha value is -1.72. The van der Waals surface area contributed by atoms with Crippen LogP contribution in [0.1, 0.15) is 60.4 Å². The Morgan fingerprint density at radius 2 is 2.04 bits per heavy atom. The van der Waals surface area contributed by atoms with Crippen LogP contribution in [0.15, 0.2) is 12.1 Å². The number of hydrogen-bond donors (Lipinski definition) is 1. The van der Waals surface area contributed by atoms with Crippen molar-refractivity contribution in [2.45, 2.75) is 50.4 Å². The van der Waals surface area contributed by atoms with E-state index in [0.717, 1.165) is 31.2 Å². The maximum Gasteiger partial charge on any atom is 0.261 e. The van der Waals surface area contributed by atoms with Crippen LogP contribution in [0.5, 0.6) is 5.75 Å². The smallest absolute Gasteiger partial charge is 0.261 e. The molecule has 136 valence electrons. The van der Waals surface area contributed by atoms with Crippen molar-refractivity contribution in [3.8, 4) is 5.75 Å². The normalized spacial score (nSPS) is 29.7. The number of fused-ring (bicyclic) bond motifs is 1. The molecule has 3 nitrogen and oxygen atoms in total. The zero-order valence-electron chi connectivity index (χ0n) is 14.2. The molecule has 2 atom stereocenters. The third-order valence-corrected chi connectivity index (χ3v) is 6.12. The molecule has 0 spiro atoms. The van der Waals surface area contributed by atoms with Gasteiger partial charge < -0.3 is 10.1 Å². The van der Waals surface area contributed by atoms with Gasteiger partial charge in [-0.3, -0.25) is 4.79 Å². The van der Waals surface area contributed by atoms with E-state index in [4.69, 9.17) is 4.74 Å². The fraction of sp³-hybridized carbons (Fsp3) is 0.632. The summed E-state index contributed by atoms with van der Waals surface area (Å²) in [5.74, 6) is -3.92. The van der Waals surface area contributed by atoms with Gasteiger partial charge >= 0.3 is 0 Å². The molecule has 2 unspecified atom stereocenters. The minimum absolute atomic E-state index is 0.0257. The van der Waals surface area contributed by atoms with Crippen molar-refractivity contribution in [2.24, 2.45) is 11.3 Å². The lowest BCUT2D eigenvalue weighted by Gasteiger charge is -2.22. The van der Waals surface area contributed by atoms with Crippen LogP contribution in [0.2, 0.25) is 0 Å². The van der Waals surface area contributed by atoms with Crippen LogP contribution >= 0.6 is 0 Å². The number of nitrogens with one attached hydrogen (secondary N) is 1. The summed E-state index contributed by atoms with van der Waals surface area (Å²) in [5.41, 5.74) is -0.350. The summed E-state index contributed by atoms with van der Waals surface area (Å²) >= 11 is 0. The van der Waals surface area contributed by atoms with E-state index in [1.165, 1.54) is 19.2 Å². The van der Waals surface area contributed by atoms with Gasteiger partial charge in [-0.2, -0.15) is 0 Å². The van der Waals surface area contributed by atoms with E-state index in [9.17, 15) is 18.0 Å². The van der Waals surface area contributed by atoms with Crippen molar-refractivity contribution >= 4 is 5.91 Å². The Bertz CT molecular complexity index is 717. The monoisotopic (exact) mass is 353 g/mol. The summed E-state index contributed by atoms with van der Waals surface area (Å²) in [7, 11) is 1.44. The predicted octanol–water partition coefficient (Wildman–Crippen LogP) is 4.27. The molecule has 3 aliphatic carbocycles. The molecule has 3 fully saturated rings. The number of carbonyl (C=O) groups is 1. The van der Waals surface area contributed by atoms with Gasteiger partial charge in [-0.25, -0.2) is 13.2 Å². The minimum Gasteiger partial charge on any atom is -0.492 e. The maximum absolute atomic E-state index is 14.3. The minimum atomic E-state index is -2.68. The SMILES string of the molecule is CNC(=O)c1cc(C2CC2)c(OCC23CCCCC2C3(F)F)cc1F. The first kappa shape index (κ1) is 16.7. The van der Waals surface area contributed by atoms with Crippen LogP contribution < -0.4 is 10.1 Å². The summed E-state index contributed by atoms with van der Waals surface area (Å²) in [5, 5.41) is 2.42. The summed E-state index contributed by atoms with van der Waals surface area (Å²) < 4.78 is 48.5. The van der Waals surface area contributed by atoms with E-state index in [-0.39, 0.29) is 18.1 Å². The maximum atomic E-state index is 14.3. The average Bonchev–Trinajstić information content (AvgIpc) is 3.50. The Kier molecular flexibility index (Phi) is 3.78. The van der Waals surface area contributed by atoms with Crippen molar-refractivity contribution in [1.29, 1.82) is 0 Å². The van der Waals surface area contributed by atoms with Gasteiger partial charge in [0.15, 0.2) is 0 Å². The molecule has 3 aliphatic rings. The van der Waals surface area contributed by atoms with E-state index in [1.54, 1.807) is 0 Å². The van der Waals surface area contributed by atoms with E-state index < -0.39 is 29.0 Å². The van der Waals surface area contributed by atoms with Gasteiger partial charge in [-0.15, -0.1) is 0 Å². The molecule has 0 heterocycles. The molecule has 0 aromatic heterocycles. The molecule has 1 aromatic carbocycles. The molecule has 6 heteroatoms. The Morgan fingerprint density at radius 3 is 2.68 bits per heavy atom. The molecular weight excluding hydrogens is 331 g/mol.